The Morgan fingerprint density at radius 3 is 2.37 bits per heavy atom. The van der Waals surface area contributed by atoms with E-state index < -0.39 is 59.9 Å². The minimum absolute atomic E-state index is 0.0126. The molecule has 15 heteroatoms. The van der Waals surface area contributed by atoms with Crippen molar-refractivity contribution in [3.8, 4) is 5.75 Å². The topological polar surface area (TPSA) is 178 Å². The Kier molecular flexibility index (Phi) is 10.6. The number of ether oxygens (including phenoxy) is 4. The molecular formula is C28H33N3O11S. The minimum Gasteiger partial charge on any atom is -0.497 e. The molecule has 3 aliphatic rings. The van der Waals surface area contributed by atoms with Gasteiger partial charge in [0.15, 0.2) is 12.8 Å². The minimum atomic E-state index is -1.33. The van der Waals surface area contributed by atoms with Crippen LogP contribution in [0.5, 0.6) is 5.75 Å². The number of hydrogen-bond donors (Lipinski definition) is 2. The number of amides is 4. The molecule has 0 saturated carbocycles. The fourth-order valence-corrected chi connectivity index (χ4v) is 5.84. The molecule has 4 amide bonds. The fourth-order valence-electron chi connectivity index (χ4n) is 4.63. The molecule has 0 aliphatic carbocycles. The second-order valence-electron chi connectivity index (χ2n) is 10.0. The quantitative estimate of drug-likeness (QED) is 0.139. The number of likely N-dealkylation sites (tertiary alicyclic amines) is 1. The summed E-state index contributed by atoms with van der Waals surface area (Å²) in [6.45, 7) is 0.631. The maximum Gasteiger partial charge on any atom is 0.408 e. The van der Waals surface area contributed by atoms with Crippen molar-refractivity contribution >= 4 is 47.5 Å². The molecule has 43 heavy (non-hydrogen) atoms. The summed E-state index contributed by atoms with van der Waals surface area (Å²) in [5.74, 6) is -2.72. The van der Waals surface area contributed by atoms with Crippen molar-refractivity contribution in [2.24, 2.45) is 5.92 Å². The zero-order valence-electron chi connectivity index (χ0n) is 23.7. The summed E-state index contributed by atoms with van der Waals surface area (Å²) in [6, 6.07) is 4.54. The van der Waals surface area contributed by atoms with Gasteiger partial charge in [0, 0.05) is 25.0 Å². The second-order valence-corrected chi connectivity index (χ2v) is 11.0. The fraction of sp³-hybridized carbons (Fsp3) is 0.500. The van der Waals surface area contributed by atoms with E-state index >= 15 is 0 Å². The third-order valence-corrected chi connectivity index (χ3v) is 8.49. The summed E-state index contributed by atoms with van der Waals surface area (Å²) in [5, 5.41) is 12.7. The van der Waals surface area contributed by atoms with E-state index in [9.17, 15) is 33.9 Å². The molecule has 232 valence electrons. The number of fused-ring (bicyclic) bond motifs is 1. The maximum atomic E-state index is 13.3. The van der Waals surface area contributed by atoms with E-state index in [-0.39, 0.29) is 50.6 Å². The standard InChI is InChI=1S/C28H33N3O11S/c1-3-16(11-32)10-22(35)40-13-18-14-43-26-23(29-28(38)41-12-17-4-6-19(39-2)7-5-17)25(36)31(26)24(18)27(37)42-15-30-20(33)8-9-21(30)34/h4-7,14,16,23-24,26,32H,3,8-13,15H2,1-2H3,(H,29,38)/t16?,23?,24?,26-/m1/s1. The molecule has 0 aromatic heterocycles. The number of methoxy groups -OCH3 is 1. The maximum absolute atomic E-state index is 13.3. The van der Waals surface area contributed by atoms with Crippen LogP contribution in [0, 0.1) is 5.92 Å². The Hall–Kier alpha value is -4.11. The molecule has 0 radical (unpaired) electrons. The number of hydrogen-bond acceptors (Lipinski definition) is 12. The van der Waals surface area contributed by atoms with Crippen LogP contribution in [0.25, 0.3) is 0 Å². The van der Waals surface area contributed by atoms with Crippen LogP contribution in [0.1, 0.15) is 38.2 Å². The molecule has 0 bridgehead atoms. The number of rotatable bonds is 13. The monoisotopic (exact) mass is 619 g/mol. The molecule has 4 rings (SSSR count). The lowest BCUT2D eigenvalue weighted by Gasteiger charge is -2.51. The lowest BCUT2D eigenvalue weighted by atomic mass is 9.98. The number of nitrogens with one attached hydrogen (secondary N) is 1. The summed E-state index contributed by atoms with van der Waals surface area (Å²) in [5.41, 5.74) is 0.943. The Morgan fingerprint density at radius 2 is 1.74 bits per heavy atom. The highest BCUT2D eigenvalue weighted by Gasteiger charge is 2.56. The van der Waals surface area contributed by atoms with E-state index in [1.54, 1.807) is 29.7 Å². The molecule has 14 nitrogen and oxygen atoms in total. The highest BCUT2D eigenvalue weighted by atomic mass is 32.2. The normalized spacial score (nSPS) is 21.8. The number of imide groups is 1. The number of nitrogens with zero attached hydrogens (tertiary/aromatic N) is 2. The van der Waals surface area contributed by atoms with Crippen LogP contribution in [0.15, 0.2) is 35.2 Å². The van der Waals surface area contributed by atoms with Crippen molar-refractivity contribution in [3.63, 3.8) is 0 Å². The number of β-lactam (4-membered cyclic amide) rings is 1. The van der Waals surface area contributed by atoms with Crippen LogP contribution in [0.4, 0.5) is 4.79 Å². The number of esters is 2. The highest BCUT2D eigenvalue weighted by Crippen LogP contribution is 2.40. The van der Waals surface area contributed by atoms with Crippen molar-refractivity contribution in [3.05, 3.63) is 40.8 Å². The second kappa shape index (κ2) is 14.4. The number of thioether (sulfide) groups is 1. The zero-order valence-corrected chi connectivity index (χ0v) is 24.5. The van der Waals surface area contributed by atoms with Crippen molar-refractivity contribution in [1.82, 2.24) is 15.1 Å². The van der Waals surface area contributed by atoms with Gasteiger partial charge in [-0.3, -0.25) is 19.2 Å². The predicted octanol–water partition coefficient (Wildman–Crippen LogP) is 1.06. The zero-order chi connectivity index (χ0) is 31.1. The van der Waals surface area contributed by atoms with Gasteiger partial charge < -0.3 is 34.3 Å². The van der Waals surface area contributed by atoms with Gasteiger partial charge in [0.25, 0.3) is 0 Å². The summed E-state index contributed by atoms with van der Waals surface area (Å²) in [6.07, 6.45) is -0.277. The van der Waals surface area contributed by atoms with Gasteiger partial charge in [-0.15, -0.1) is 11.8 Å². The molecular weight excluding hydrogens is 586 g/mol. The van der Waals surface area contributed by atoms with Crippen LogP contribution < -0.4 is 10.1 Å². The molecule has 3 aliphatic heterocycles. The number of carbonyl (C=O) groups excluding carboxylic acids is 6. The van der Waals surface area contributed by atoms with E-state index in [1.165, 1.54) is 12.0 Å². The average molecular weight is 620 g/mol. The Bertz CT molecular complexity index is 1270. The molecule has 1 aromatic rings. The first-order chi connectivity index (χ1) is 20.7. The summed E-state index contributed by atoms with van der Waals surface area (Å²) in [4.78, 5) is 77.2. The average Bonchev–Trinajstić information content (AvgIpc) is 3.34. The van der Waals surface area contributed by atoms with Gasteiger partial charge in [-0.25, -0.2) is 14.5 Å². The van der Waals surface area contributed by atoms with Crippen LogP contribution in [0.2, 0.25) is 0 Å². The van der Waals surface area contributed by atoms with E-state index in [0.717, 1.165) is 16.7 Å². The first-order valence-corrected chi connectivity index (χ1v) is 14.6. The first-order valence-electron chi connectivity index (χ1n) is 13.7. The summed E-state index contributed by atoms with van der Waals surface area (Å²) < 4.78 is 20.9. The summed E-state index contributed by atoms with van der Waals surface area (Å²) in [7, 11) is 1.53. The van der Waals surface area contributed by atoms with Crippen molar-refractivity contribution in [2.75, 3.05) is 27.1 Å². The molecule has 2 N–H and O–H groups in total. The van der Waals surface area contributed by atoms with E-state index in [2.05, 4.69) is 5.32 Å². The smallest absolute Gasteiger partial charge is 0.408 e. The van der Waals surface area contributed by atoms with Crippen molar-refractivity contribution in [1.29, 1.82) is 0 Å². The largest absolute Gasteiger partial charge is 0.497 e. The van der Waals surface area contributed by atoms with Gasteiger partial charge >= 0.3 is 18.0 Å². The van der Waals surface area contributed by atoms with E-state index in [4.69, 9.17) is 18.9 Å². The Labute approximate surface area is 251 Å². The predicted molar refractivity (Wildman–Crippen MR) is 149 cm³/mol. The van der Waals surface area contributed by atoms with Gasteiger partial charge in [-0.1, -0.05) is 25.5 Å². The highest BCUT2D eigenvalue weighted by molar-refractivity contribution is 8.03. The van der Waals surface area contributed by atoms with Gasteiger partial charge in [0.2, 0.25) is 17.7 Å². The lowest BCUT2D eigenvalue weighted by Crippen LogP contribution is -2.74. The van der Waals surface area contributed by atoms with Gasteiger partial charge in [-0.05, 0) is 29.0 Å². The molecule has 1 aromatic carbocycles. The van der Waals surface area contributed by atoms with Crippen LogP contribution >= 0.6 is 11.8 Å². The molecule has 0 spiro atoms. The Balaban J connectivity index is 1.41. The number of benzene rings is 1. The van der Waals surface area contributed by atoms with E-state index in [1.807, 2.05) is 6.92 Å². The first kappa shape index (κ1) is 31.8. The number of alkyl carbamates (subject to hydrolysis) is 1. The van der Waals surface area contributed by atoms with Gasteiger partial charge in [0.05, 0.1) is 13.5 Å². The molecule has 3 unspecified atom stereocenters. The van der Waals surface area contributed by atoms with Gasteiger partial charge in [0.1, 0.15) is 30.4 Å². The van der Waals surface area contributed by atoms with E-state index in [0.29, 0.717) is 17.7 Å². The van der Waals surface area contributed by atoms with Crippen molar-refractivity contribution < 1.29 is 52.8 Å². The number of aliphatic hydroxyl groups is 1. The van der Waals surface area contributed by atoms with Crippen LogP contribution in [0.3, 0.4) is 0 Å². The third kappa shape index (κ3) is 7.46. The molecule has 4 atom stereocenters. The van der Waals surface area contributed by atoms with Gasteiger partial charge in [-0.2, -0.15) is 0 Å². The summed E-state index contributed by atoms with van der Waals surface area (Å²) >= 11 is 1.13. The van der Waals surface area contributed by atoms with Crippen LogP contribution in [-0.4, -0.2) is 95.2 Å². The van der Waals surface area contributed by atoms with Crippen molar-refractivity contribution in [2.45, 2.75) is 56.7 Å². The molecule has 2 fully saturated rings. The molecule has 2 saturated heterocycles. The number of carbonyl (C=O) groups is 6. The van der Waals surface area contributed by atoms with Crippen LogP contribution in [-0.2, 0) is 44.8 Å². The Morgan fingerprint density at radius 1 is 1.05 bits per heavy atom. The molecule has 3 heterocycles. The number of aliphatic hydroxyl groups excluding tert-OH is 1. The SMILES string of the molecule is CCC(CO)CC(=O)OCC1=CS[C@@H]2C(NC(=O)OCc3ccc(OC)cc3)C(=O)N2C1C(=O)OCN1C(=O)CCC1=O. The third-order valence-electron chi connectivity index (χ3n) is 7.28. The lowest BCUT2D eigenvalue weighted by molar-refractivity contribution is -0.168.